The molecule has 4 rings (SSSR count). The van der Waals surface area contributed by atoms with Gasteiger partial charge >= 0.3 is 0 Å². The van der Waals surface area contributed by atoms with Crippen molar-refractivity contribution in [3.63, 3.8) is 0 Å². The molecule has 0 spiro atoms. The van der Waals surface area contributed by atoms with Crippen molar-refractivity contribution in [3.05, 3.63) is 71.0 Å². The Hall–Kier alpha value is -3.22. The van der Waals surface area contributed by atoms with Crippen LogP contribution in [0, 0.1) is 18.7 Å². The molecule has 2 aliphatic rings. The minimum Gasteiger partial charge on any atom is -0.341 e. The normalized spacial score (nSPS) is 17.8. The lowest BCUT2D eigenvalue weighted by Crippen LogP contribution is -2.55. The number of nitrogens with one attached hydrogen (secondary N) is 1. The predicted octanol–water partition coefficient (Wildman–Crippen LogP) is 3.80. The first-order valence-electron chi connectivity index (χ1n) is 12.1. The largest absolute Gasteiger partial charge is 0.341 e. The van der Waals surface area contributed by atoms with E-state index in [2.05, 4.69) is 5.32 Å². The van der Waals surface area contributed by atoms with Crippen LogP contribution in [0.4, 0.5) is 4.39 Å². The second kappa shape index (κ2) is 10.8. The SMILES string of the molecule is Cc1ccc(C(=O)N2CCC([C@H](NC(=O)c3ccccc3F)C(=O)N3CCCCC3)CC2)cc1. The number of halogens is 1. The second-order valence-corrected chi connectivity index (χ2v) is 9.31. The Morgan fingerprint density at radius 2 is 1.53 bits per heavy atom. The van der Waals surface area contributed by atoms with Gasteiger partial charge in [-0.05, 0) is 69.2 Å². The summed E-state index contributed by atoms with van der Waals surface area (Å²) in [4.78, 5) is 42.9. The lowest BCUT2D eigenvalue weighted by molar-refractivity contribution is -0.136. The number of aryl methyl sites for hydroxylation is 1. The summed E-state index contributed by atoms with van der Waals surface area (Å²) in [5.74, 6) is -1.43. The van der Waals surface area contributed by atoms with Crippen molar-refractivity contribution >= 4 is 17.7 Å². The van der Waals surface area contributed by atoms with Crippen LogP contribution in [0.3, 0.4) is 0 Å². The van der Waals surface area contributed by atoms with Gasteiger partial charge in [-0.25, -0.2) is 4.39 Å². The summed E-state index contributed by atoms with van der Waals surface area (Å²) >= 11 is 0. The first-order chi connectivity index (χ1) is 16.4. The Kier molecular flexibility index (Phi) is 7.60. The average molecular weight is 466 g/mol. The van der Waals surface area contributed by atoms with Gasteiger partial charge in [0.1, 0.15) is 11.9 Å². The number of nitrogens with zero attached hydrogens (tertiary/aromatic N) is 2. The molecule has 0 unspecified atom stereocenters. The van der Waals surface area contributed by atoms with E-state index in [0.29, 0.717) is 44.6 Å². The molecule has 2 aliphatic heterocycles. The van der Waals surface area contributed by atoms with E-state index in [0.717, 1.165) is 24.8 Å². The van der Waals surface area contributed by atoms with Crippen molar-refractivity contribution in [2.45, 2.75) is 45.1 Å². The number of hydrogen-bond donors (Lipinski definition) is 1. The summed E-state index contributed by atoms with van der Waals surface area (Å²) < 4.78 is 14.2. The number of benzene rings is 2. The number of likely N-dealkylation sites (tertiary alicyclic amines) is 2. The first kappa shape index (κ1) is 23.9. The fourth-order valence-corrected chi connectivity index (χ4v) is 4.87. The van der Waals surface area contributed by atoms with Crippen LogP contribution in [0.25, 0.3) is 0 Å². The smallest absolute Gasteiger partial charge is 0.254 e. The van der Waals surface area contributed by atoms with Crippen LogP contribution in [0.1, 0.15) is 58.4 Å². The van der Waals surface area contributed by atoms with Gasteiger partial charge in [0.15, 0.2) is 0 Å². The molecular formula is C27H32FN3O3. The first-order valence-corrected chi connectivity index (χ1v) is 12.1. The maximum Gasteiger partial charge on any atom is 0.254 e. The number of piperidine rings is 2. The predicted molar refractivity (Wildman–Crippen MR) is 128 cm³/mol. The zero-order valence-corrected chi connectivity index (χ0v) is 19.6. The lowest BCUT2D eigenvalue weighted by Gasteiger charge is -2.38. The maximum atomic E-state index is 14.2. The van der Waals surface area contributed by atoms with Gasteiger partial charge in [0, 0.05) is 31.7 Å². The molecule has 1 N–H and O–H groups in total. The van der Waals surface area contributed by atoms with Crippen molar-refractivity contribution in [2.24, 2.45) is 5.92 Å². The summed E-state index contributed by atoms with van der Waals surface area (Å²) in [5, 5.41) is 2.85. The number of carbonyl (C=O) groups is 3. The minimum atomic E-state index is -0.734. The Bertz CT molecular complexity index is 1030. The maximum absolute atomic E-state index is 14.2. The molecule has 2 heterocycles. The van der Waals surface area contributed by atoms with Crippen molar-refractivity contribution in [1.29, 1.82) is 0 Å². The second-order valence-electron chi connectivity index (χ2n) is 9.31. The van der Waals surface area contributed by atoms with Crippen molar-refractivity contribution in [2.75, 3.05) is 26.2 Å². The molecule has 0 aliphatic carbocycles. The molecule has 34 heavy (non-hydrogen) atoms. The highest BCUT2D eigenvalue weighted by atomic mass is 19.1. The summed E-state index contributed by atoms with van der Waals surface area (Å²) in [6, 6.07) is 12.6. The zero-order valence-electron chi connectivity index (χ0n) is 19.6. The van der Waals surface area contributed by atoms with E-state index in [4.69, 9.17) is 0 Å². The van der Waals surface area contributed by atoms with E-state index in [9.17, 15) is 18.8 Å². The Labute approximate surface area is 200 Å². The van der Waals surface area contributed by atoms with Crippen molar-refractivity contribution in [1.82, 2.24) is 15.1 Å². The minimum absolute atomic E-state index is 0.0206. The van der Waals surface area contributed by atoms with Gasteiger partial charge in [0.05, 0.1) is 5.56 Å². The summed E-state index contributed by atoms with van der Waals surface area (Å²) in [6.07, 6.45) is 4.18. The standard InChI is InChI=1S/C27H32FN3O3/c1-19-9-11-21(12-10-19)26(33)31-17-13-20(14-18-31)24(27(34)30-15-5-2-6-16-30)29-25(32)22-7-3-4-8-23(22)28/h3-4,7-12,20,24H,2,5-6,13-18H2,1H3,(H,29,32)/t24-/m0/s1. The molecule has 3 amide bonds. The van der Waals surface area contributed by atoms with E-state index in [1.165, 1.54) is 18.2 Å². The number of rotatable bonds is 5. The van der Waals surface area contributed by atoms with Gasteiger partial charge in [-0.2, -0.15) is 0 Å². The van der Waals surface area contributed by atoms with Gasteiger partial charge < -0.3 is 15.1 Å². The third-order valence-electron chi connectivity index (χ3n) is 6.94. The van der Waals surface area contributed by atoms with Crippen LogP contribution in [0.5, 0.6) is 0 Å². The Balaban J connectivity index is 1.47. The molecule has 1 atom stereocenters. The van der Waals surface area contributed by atoms with Gasteiger partial charge in [0.25, 0.3) is 11.8 Å². The van der Waals surface area contributed by atoms with Crippen LogP contribution in [-0.2, 0) is 4.79 Å². The van der Waals surface area contributed by atoms with Gasteiger partial charge in [-0.3, -0.25) is 14.4 Å². The molecule has 0 aromatic heterocycles. The molecule has 0 saturated carbocycles. The Morgan fingerprint density at radius 3 is 2.18 bits per heavy atom. The topological polar surface area (TPSA) is 69.7 Å². The highest BCUT2D eigenvalue weighted by Gasteiger charge is 2.37. The van der Waals surface area contributed by atoms with Crippen molar-refractivity contribution < 1.29 is 18.8 Å². The van der Waals surface area contributed by atoms with Gasteiger partial charge in [-0.15, -0.1) is 0 Å². The number of amides is 3. The summed E-state index contributed by atoms with van der Waals surface area (Å²) in [7, 11) is 0. The molecule has 2 saturated heterocycles. The van der Waals surface area contributed by atoms with Gasteiger partial charge in [0.2, 0.25) is 5.91 Å². The molecule has 7 heteroatoms. The van der Waals surface area contributed by atoms with Gasteiger partial charge in [-0.1, -0.05) is 29.8 Å². The van der Waals surface area contributed by atoms with E-state index in [1.54, 1.807) is 6.07 Å². The zero-order chi connectivity index (χ0) is 24.1. The Morgan fingerprint density at radius 1 is 0.882 bits per heavy atom. The van der Waals surface area contributed by atoms with E-state index in [1.807, 2.05) is 41.0 Å². The van der Waals surface area contributed by atoms with E-state index < -0.39 is 17.8 Å². The average Bonchev–Trinajstić information content (AvgIpc) is 2.88. The van der Waals surface area contributed by atoms with Crippen LogP contribution in [0.15, 0.2) is 48.5 Å². The fraction of sp³-hybridized carbons (Fsp3) is 0.444. The molecule has 0 radical (unpaired) electrons. The third kappa shape index (κ3) is 5.46. The monoisotopic (exact) mass is 465 g/mol. The molecule has 6 nitrogen and oxygen atoms in total. The molecular weight excluding hydrogens is 433 g/mol. The number of carbonyl (C=O) groups excluding carboxylic acids is 3. The third-order valence-corrected chi connectivity index (χ3v) is 6.94. The molecule has 0 bridgehead atoms. The van der Waals surface area contributed by atoms with E-state index >= 15 is 0 Å². The highest BCUT2D eigenvalue weighted by molar-refractivity contribution is 5.98. The lowest BCUT2D eigenvalue weighted by atomic mass is 9.87. The summed E-state index contributed by atoms with van der Waals surface area (Å²) in [5.41, 5.74) is 1.68. The molecule has 180 valence electrons. The van der Waals surface area contributed by atoms with Crippen molar-refractivity contribution in [3.8, 4) is 0 Å². The summed E-state index contributed by atoms with van der Waals surface area (Å²) in [6.45, 7) is 4.35. The fourth-order valence-electron chi connectivity index (χ4n) is 4.87. The molecule has 2 aromatic carbocycles. The molecule has 2 aromatic rings. The number of hydrogen-bond acceptors (Lipinski definition) is 3. The highest BCUT2D eigenvalue weighted by Crippen LogP contribution is 2.25. The van der Waals surface area contributed by atoms with Crippen LogP contribution in [-0.4, -0.2) is 59.7 Å². The van der Waals surface area contributed by atoms with Crippen LogP contribution < -0.4 is 5.32 Å². The van der Waals surface area contributed by atoms with Crippen LogP contribution >= 0.6 is 0 Å². The van der Waals surface area contributed by atoms with Crippen LogP contribution in [0.2, 0.25) is 0 Å². The molecule has 2 fully saturated rings. The quantitative estimate of drug-likeness (QED) is 0.730. The van der Waals surface area contributed by atoms with E-state index in [-0.39, 0.29) is 23.3 Å².